The summed E-state index contributed by atoms with van der Waals surface area (Å²) in [6.45, 7) is 0.874. The zero-order valence-corrected chi connectivity index (χ0v) is 22.3. The number of nitrogens with zero attached hydrogens (tertiary/aromatic N) is 1. The van der Waals surface area contributed by atoms with Crippen molar-refractivity contribution in [3.8, 4) is 5.69 Å². The van der Waals surface area contributed by atoms with Gasteiger partial charge in [0.25, 0.3) is 0 Å². The summed E-state index contributed by atoms with van der Waals surface area (Å²) in [6.07, 6.45) is 25.2. The van der Waals surface area contributed by atoms with Crippen molar-refractivity contribution in [2.75, 3.05) is 6.54 Å². The summed E-state index contributed by atoms with van der Waals surface area (Å²) in [7, 11) is -1.60. The third-order valence-corrected chi connectivity index (χ3v) is 12.0. The molecule has 1 aromatic heterocycles. The van der Waals surface area contributed by atoms with Crippen molar-refractivity contribution in [3.63, 3.8) is 0 Å². The van der Waals surface area contributed by atoms with Gasteiger partial charge in [-0.25, -0.2) is 0 Å². The fraction of sp³-hybridized carbons (Fsp3) is 0.143. The van der Waals surface area contributed by atoms with Gasteiger partial charge < -0.3 is 9.88 Å². The molecule has 0 spiro atoms. The molecule has 0 bridgehead atoms. The van der Waals surface area contributed by atoms with Crippen molar-refractivity contribution in [1.82, 2.24) is 9.88 Å². The molecule has 1 N–H and O–H groups in total. The molecule has 0 fully saturated rings. The molecule has 2 heterocycles. The molecule has 1 aliphatic heterocycles. The first kappa shape index (κ1) is 23.2. The van der Waals surface area contributed by atoms with Crippen LogP contribution in [0.1, 0.15) is 25.7 Å². The fourth-order valence-electron chi connectivity index (χ4n) is 6.20. The molecule has 0 amide bonds. The molecule has 2 nitrogen and oxygen atoms in total. The van der Waals surface area contributed by atoms with E-state index in [-0.39, 0.29) is 0 Å². The fourth-order valence-corrected chi connectivity index (χ4v) is 10.5. The highest BCUT2D eigenvalue weighted by Gasteiger charge is 2.39. The summed E-state index contributed by atoms with van der Waals surface area (Å²) in [6, 6.07) is 26.9. The number of aromatic nitrogens is 1. The van der Waals surface area contributed by atoms with E-state index in [2.05, 4.69) is 137 Å². The lowest BCUT2D eigenvalue weighted by Crippen LogP contribution is -2.24. The lowest BCUT2D eigenvalue weighted by atomic mass is 10.1. The van der Waals surface area contributed by atoms with E-state index in [1.54, 1.807) is 9.81 Å². The number of hydrogen-bond acceptors (Lipinski definition) is 1. The quantitative estimate of drug-likeness (QED) is 0.282. The molecule has 0 unspecified atom stereocenters. The molecule has 2 aliphatic carbocycles. The van der Waals surface area contributed by atoms with E-state index in [1.807, 2.05) is 0 Å². The Morgan fingerprint density at radius 1 is 0.632 bits per heavy atom. The van der Waals surface area contributed by atoms with Gasteiger partial charge in [0.15, 0.2) is 0 Å². The van der Waals surface area contributed by atoms with Gasteiger partial charge in [-0.15, -0.1) is 10.0 Å². The topological polar surface area (TPSA) is 17.0 Å². The second-order valence-electron chi connectivity index (χ2n) is 10.0. The number of allylic oxidation sites excluding steroid dienone is 10. The van der Waals surface area contributed by atoms with Crippen LogP contribution in [0.2, 0.25) is 0 Å². The lowest BCUT2D eigenvalue weighted by Gasteiger charge is -2.48. The molecule has 188 valence electrons. The van der Waals surface area contributed by atoms with E-state index < -0.39 is 10.0 Å². The van der Waals surface area contributed by atoms with Crippen LogP contribution in [0.3, 0.4) is 0 Å². The number of fused-ring (bicyclic) bond motifs is 3. The molecular formula is C35H32N2S. The average molecular weight is 513 g/mol. The molecule has 0 saturated heterocycles. The van der Waals surface area contributed by atoms with Crippen molar-refractivity contribution in [3.05, 3.63) is 142 Å². The Hall–Kier alpha value is -3.95. The van der Waals surface area contributed by atoms with E-state index in [1.165, 1.54) is 37.4 Å². The van der Waals surface area contributed by atoms with Crippen LogP contribution < -0.4 is 5.32 Å². The maximum atomic E-state index is 3.85. The molecule has 7 rings (SSSR count). The number of benzene rings is 3. The Balaban J connectivity index is 1.58. The van der Waals surface area contributed by atoms with Crippen LogP contribution in [0, 0.1) is 0 Å². The highest BCUT2D eigenvalue weighted by molar-refractivity contribution is 8.42. The molecule has 3 aliphatic rings. The van der Waals surface area contributed by atoms with Gasteiger partial charge in [-0.3, -0.25) is 0 Å². The zero-order chi connectivity index (χ0) is 25.4. The largest absolute Gasteiger partial charge is 0.377 e. The monoisotopic (exact) mass is 512 g/mol. The molecule has 0 radical (unpaired) electrons. The van der Waals surface area contributed by atoms with Crippen molar-refractivity contribution in [2.24, 2.45) is 0 Å². The van der Waals surface area contributed by atoms with E-state index in [0.717, 1.165) is 32.2 Å². The Kier molecular flexibility index (Phi) is 5.94. The standard InChI is InChI=1S/C35H32N2S/c1-4-14-27(15-5-1)37-33-21-11-10-20-31(33)32-24-23-30(26-34(32)37)38(28-16-6-2-7-17-28,29-18-8-3-9-19-29)35-22-12-13-25-36-35/h1-6,8,10-16,18,20-24,26,36H,7,9,17,19,25H2. The maximum absolute atomic E-state index is 3.85. The first-order valence-electron chi connectivity index (χ1n) is 13.6. The van der Waals surface area contributed by atoms with Gasteiger partial charge in [-0.1, -0.05) is 91.1 Å². The van der Waals surface area contributed by atoms with Gasteiger partial charge >= 0.3 is 0 Å². The van der Waals surface area contributed by atoms with Crippen molar-refractivity contribution in [1.29, 1.82) is 0 Å². The normalized spacial score (nSPS) is 17.7. The number of rotatable bonds is 5. The summed E-state index contributed by atoms with van der Waals surface area (Å²) >= 11 is 0. The van der Waals surface area contributed by atoms with Gasteiger partial charge in [0.2, 0.25) is 0 Å². The first-order valence-corrected chi connectivity index (χ1v) is 15.2. The van der Waals surface area contributed by atoms with Crippen LogP contribution in [0.5, 0.6) is 0 Å². The third kappa shape index (κ3) is 3.65. The molecule has 4 aromatic rings. The summed E-state index contributed by atoms with van der Waals surface area (Å²) in [5.74, 6) is 0. The van der Waals surface area contributed by atoms with Crippen LogP contribution in [-0.2, 0) is 0 Å². The van der Waals surface area contributed by atoms with Gasteiger partial charge in [0.05, 0.1) is 16.1 Å². The first-order chi connectivity index (χ1) is 18.9. The predicted molar refractivity (Wildman–Crippen MR) is 165 cm³/mol. The highest BCUT2D eigenvalue weighted by atomic mass is 32.3. The predicted octanol–water partition coefficient (Wildman–Crippen LogP) is 9.42. The Morgan fingerprint density at radius 2 is 1.32 bits per heavy atom. The van der Waals surface area contributed by atoms with Crippen LogP contribution in [0.25, 0.3) is 27.5 Å². The summed E-state index contributed by atoms with van der Waals surface area (Å²) in [4.78, 5) is 4.52. The minimum absolute atomic E-state index is 0.874. The van der Waals surface area contributed by atoms with Gasteiger partial charge in [-0.2, -0.15) is 0 Å². The number of hydrogen-bond donors (Lipinski definition) is 1. The Bertz CT molecular complexity index is 1630. The summed E-state index contributed by atoms with van der Waals surface area (Å²) in [5, 5.41) is 7.82. The van der Waals surface area contributed by atoms with Crippen molar-refractivity contribution in [2.45, 2.75) is 30.6 Å². The maximum Gasteiger partial charge on any atom is 0.0628 e. The summed E-state index contributed by atoms with van der Waals surface area (Å²) < 4.78 is 2.45. The Labute approximate surface area is 226 Å². The van der Waals surface area contributed by atoms with Crippen LogP contribution in [-0.4, -0.2) is 11.1 Å². The third-order valence-electron chi connectivity index (χ3n) is 7.86. The van der Waals surface area contributed by atoms with E-state index in [0.29, 0.717) is 0 Å². The van der Waals surface area contributed by atoms with Crippen LogP contribution >= 0.6 is 10.0 Å². The number of dihydropyridines is 1. The van der Waals surface area contributed by atoms with Crippen LogP contribution in [0.15, 0.2) is 147 Å². The molecule has 3 aromatic carbocycles. The van der Waals surface area contributed by atoms with Crippen molar-refractivity contribution >= 4 is 31.8 Å². The zero-order valence-electron chi connectivity index (χ0n) is 21.5. The number of para-hydroxylation sites is 2. The molecule has 3 heteroatoms. The summed E-state index contributed by atoms with van der Waals surface area (Å²) in [5.41, 5.74) is 3.73. The lowest BCUT2D eigenvalue weighted by molar-refractivity contribution is 0.937. The highest BCUT2D eigenvalue weighted by Crippen LogP contribution is 2.75. The smallest absolute Gasteiger partial charge is 0.0628 e. The van der Waals surface area contributed by atoms with Gasteiger partial charge in [-0.05, 0) is 71.9 Å². The van der Waals surface area contributed by atoms with Crippen LogP contribution in [0.4, 0.5) is 0 Å². The SMILES string of the molecule is C1=CCCC(S(C2=CC=CCC2)(C2=CC=CCN2)c2ccc3c4ccccc4n(-c4ccccc4)c3c2)=C1. The number of nitrogens with one attached hydrogen (secondary N) is 1. The second-order valence-corrected chi connectivity index (χ2v) is 13.2. The average Bonchev–Trinajstić information content (AvgIpc) is 3.33. The molecular weight excluding hydrogens is 480 g/mol. The van der Waals surface area contributed by atoms with Crippen molar-refractivity contribution < 1.29 is 0 Å². The molecule has 0 atom stereocenters. The Morgan fingerprint density at radius 3 is 2.00 bits per heavy atom. The minimum Gasteiger partial charge on any atom is -0.377 e. The van der Waals surface area contributed by atoms with E-state index in [4.69, 9.17) is 0 Å². The minimum atomic E-state index is -1.60. The van der Waals surface area contributed by atoms with Gasteiger partial charge in [0.1, 0.15) is 0 Å². The molecule has 38 heavy (non-hydrogen) atoms. The van der Waals surface area contributed by atoms with Gasteiger partial charge in [0, 0.05) is 27.9 Å². The molecule has 0 saturated carbocycles. The van der Waals surface area contributed by atoms with E-state index in [9.17, 15) is 0 Å². The van der Waals surface area contributed by atoms with E-state index >= 15 is 0 Å². The second kappa shape index (κ2) is 9.74.